The number of hydrogen-bond acceptors (Lipinski definition) is 5. The van der Waals surface area contributed by atoms with Gasteiger partial charge in [0.2, 0.25) is 0 Å². The SMILES string of the molecule is O=C(O)C1NNNC1Oc1cccc(C#Cc2cccc(Cl)c2)c1. The maximum atomic E-state index is 11.1. The van der Waals surface area contributed by atoms with Crippen molar-refractivity contribution in [1.29, 1.82) is 0 Å². The maximum Gasteiger partial charge on any atom is 0.327 e. The molecule has 3 rings (SSSR count). The Morgan fingerprint density at radius 2 is 1.79 bits per heavy atom. The molecular formula is C17H14ClN3O3. The number of carboxylic acid groups (broad SMARTS) is 1. The van der Waals surface area contributed by atoms with Crippen molar-refractivity contribution in [3.63, 3.8) is 0 Å². The molecule has 4 N–H and O–H groups in total. The number of hydrogen-bond donors (Lipinski definition) is 4. The molecule has 122 valence electrons. The Hall–Kier alpha value is -2.56. The summed E-state index contributed by atoms with van der Waals surface area (Å²) >= 11 is 5.93. The minimum Gasteiger partial charge on any atom is -0.480 e. The number of aliphatic carboxylic acids is 1. The van der Waals surface area contributed by atoms with Gasteiger partial charge in [-0.05, 0) is 36.4 Å². The van der Waals surface area contributed by atoms with E-state index in [4.69, 9.17) is 21.4 Å². The van der Waals surface area contributed by atoms with Gasteiger partial charge in [0.15, 0.2) is 12.3 Å². The predicted molar refractivity (Wildman–Crippen MR) is 89.1 cm³/mol. The Kier molecular flexibility index (Phi) is 4.99. The molecule has 0 bridgehead atoms. The second-order valence-corrected chi connectivity index (χ2v) is 5.49. The Labute approximate surface area is 143 Å². The lowest BCUT2D eigenvalue weighted by Crippen LogP contribution is -2.44. The standard InChI is InChI=1S/C17H14ClN3O3/c18-13-5-1-3-11(9-13)7-8-12-4-2-6-14(10-12)24-16-15(17(22)23)19-21-20-16/h1-6,9-10,15-16,19-21H,(H,22,23). The van der Waals surface area contributed by atoms with E-state index in [1.807, 2.05) is 18.2 Å². The zero-order chi connectivity index (χ0) is 16.9. The van der Waals surface area contributed by atoms with E-state index in [-0.39, 0.29) is 0 Å². The second-order valence-electron chi connectivity index (χ2n) is 5.06. The number of benzene rings is 2. The highest BCUT2D eigenvalue weighted by Gasteiger charge is 2.34. The third-order valence-corrected chi connectivity index (χ3v) is 3.52. The van der Waals surface area contributed by atoms with Crippen molar-refractivity contribution < 1.29 is 14.6 Å². The first-order valence-corrected chi connectivity index (χ1v) is 7.53. The normalized spacial score (nSPS) is 19.4. The van der Waals surface area contributed by atoms with Crippen LogP contribution in [0.15, 0.2) is 48.5 Å². The molecule has 0 amide bonds. The average Bonchev–Trinajstić information content (AvgIpc) is 3.02. The number of carboxylic acids is 1. The third-order valence-electron chi connectivity index (χ3n) is 3.28. The van der Waals surface area contributed by atoms with Crippen LogP contribution in [0.1, 0.15) is 11.1 Å². The van der Waals surface area contributed by atoms with Gasteiger partial charge in [-0.25, -0.2) is 10.9 Å². The summed E-state index contributed by atoms with van der Waals surface area (Å²) < 4.78 is 5.66. The molecule has 2 aromatic carbocycles. The summed E-state index contributed by atoms with van der Waals surface area (Å²) in [7, 11) is 0. The highest BCUT2D eigenvalue weighted by molar-refractivity contribution is 6.30. The largest absolute Gasteiger partial charge is 0.480 e. The summed E-state index contributed by atoms with van der Waals surface area (Å²) in [5, 5.41) is 9.72. The van der Waals surface area contributed by atoms with Gasteiger partial charge >= 0.3 is 5.97 Å². The Morgan fingerprint density at radius 3 is 2.50 bits per heavy atom. The van der Waals surface area contributed by atoms with Crippen LogP contribution in [0.4, 0.5) is 0 Å². The van der Waals surface area contributed by atoms with Gasteiger partial charge < -0.3 is 9.84 Å². The van der Waals surface area contributed by atoms with E-state index in [9.17, 15) is 4.79 Å². The molecule has 1 aliphatic rings. The molecule has 1 aliphatic heterocycles. The topological polar surface area (TPSA) is 82.6 Å². The van der Waals surface area contributed by atoms with Crippen LogP contribution in [-0.4, -0.2) is 23.3 Å². The van der Waals surface area contributed by atoms with Gasteiger partial charge in [0, 0.05) is 16.1 Å². The van der Waals surface area contributed by atoms with E-state index in [2.05, 4.69) is 28.2 Å². The number of carbonyl (C=O) groups is 1. The minimum absolute atomic E-state index is 0.516. The summed E-state index contributed by atoms with van der Waals surface area (Å²) in [5.74, 6) is 5.55. The number of hydrazine groups is 2. The van der Waals surface area contributed by atoms with Crippen LogP contribution in [0.5, 0.6) is 5.75 Å². The number of ether oxygens (including phenoxy) is 1. The van der Waals surface area contributed by atoms with Crippen molar-refractivity contribution in [2.45, 2.75) is 12.3 Å². The molecule has 0 saturated carbocycles. The van der Waals surface area contributed by atoms with E-state index in [0.717, 1.165) is 11.1 Å². The maximum absolute atomic E-state index is 11.1. The molecule has 2 unspecified atom stereocenters. The summed E-state index contributed by atoms with van der Waals surface area (Å²) in [6.07, 6.45) is -0.737. The fourth-order valence-corrected chi connectivity index (χ4v) is 2.33. The second kappa shape index (κ2) is 7.34. The highest BCUT2D eigenvalue weighted by atomic mass is 35.5. The summed E-state index contributed by atoms with van der Waals surface area (Å²) in [5.41, 5.74) is 9.38. The van der Waals surface area contributed by atoms with Gasteiger partial charge in [0.1, 0.15) is 5.75 Å². The fourth-order valence-electron chi connectivity index (χ4n) is 2.14. The van der Waals surface area contributed by atoms with Crippen molar-refractivity contribution in [1.82, 2.24) is 16.4 Å². The van der Waals surface area contributed by atoms with Gasteiger partial charge in [-0.1, -0.05) is 35.6 Å². The molecule has 2 aromatic rings. The van der Waals surface area contributed by atoms with Crippen LogP contribution in [0, 0.1) is 11.8 Å². The molecule has 0 radical (unpaired) electrons. The van der Waals surface area contributed by atoms with E-state index < -0.39 is 18.2 Å². The van der Waals surface area contributed by atoms with Gasteiger partial charge in [0.05, 0.1) is 0 Å². The molecule has 0 aliphatic carbocycles. The van der Waals surface area contributed by atoms with Crippen LogP contribution in [0.25, 0.3) is 0 Å². The van der Waals surface area contributed by atoms with Gasteiger partial charge in [-0.3, -0.25) is 4.79 Å². The molecule has 2 atom stereocenters. The molecular weight excluding hydrogens is 330 g/mol. The lowest BCUT2D eigenvalue weighted by atomic mass is 10.2. The molecule has 1 saturated heterocycles. The Balaban J connectivity index is 1.74. The first kappa shape index (κ1) is 16.3. The van der Waals surface area contributed by atoms with Crippen LogP contribution in [-0.2, 0) is 4.79 Å². The number of rotatable bonds is 3. The monoisotopic (exact) mass is 343 g/mol. The fraction of sp³-hybridized carbons (Fsp3) is 0.118. The number of halogens is 1. The minimum atomic E-state index is -1.02. The van der Waals surface area contributed by atoms with Crippen molar-refractivity contribution in [2.75, 3.05) is 0 Å². The summed E-state index contributed by atoms with van der Waals surface area (Å²) in [6, 6.07) is 13.5. The smallest absolute Gasteiger partial charge is 0.327 e. The van der Waals surface area contributed by atoms with Crippen molar-refractivity contribution >= 4 is 17.6 Å². The number of nitrogens with one attached hydrogen (secondary N) is 3. The molecule has 1 fully saturated rings. The van der Waals surface area contributed by atoms with E-state index >= 15 is 0 Å². The van der Waals surface area contributed by atoms with E-state index in [1.54, 1.807) is 30.3 Å². The van der Waals surface area contributed by atoms with E-state index in [1.165, 1.54) is 0 Å². The molecule has 0 spiro atoms. The molecule has 1 heterocycles. The molecule has 0 aromatic heterocycles. The van der Waals surface area contributed by atoms with Crippen LogP contribution >= 0.6 is 11.6 Å². The highest BCUT2D eigenvalue weighted by Crippen LogP contribution is 2.16. The van der Waals surface area contributed by atoms with Crippen LogP contribution < -0.4 is 21.1 Å². The summed E-state index contributed by atoms with van der Waals surface area (Å²) in [6.45, 7) is 0. The van der Waals surface area contributed by atoms with Crippen molar-refractivity contribution in [2.24, 2.45) is 0 Å². The van der Waals surface area contributed by atoms with Crippen LogP contribution in [0.2, 0.25) is 5.02 Å². The van der Waals surface area contributed by atoms with E-state index in [0.29, 0.717) is 10.8 Å². The zero-order valence-electron chi connectivity index (χ0n) is 12.4. The molecule has 6 nitrogen and oxygen atoms in total. The first-order valence-electron chi connectivity index (χ1n) is 7.15. The van der Waals surface area contributed by atoms with Gasteiger partial charge in [-0.15, -0.1) is 0 Å². The van der Waals surface area contributed by atoms with Gasteiger partial charge in [-0.2, -0.15) is 5.53 Å². The first-order chi connectivity index (χ1) is 11.6. The zero-order valence-corrected chi connectivity index (χ0v) is 13.2. The third kappa shape index (κ3) is 4.04. The average molecular weight is 344 g/mol. The Bertz CT molecular complexity index is 816. The van der Waals surface area contributed by atoms with Crippen LogP contribution in [0.3, 0.4) is 0 Å². The molecule has 7 heteroatoms. The lowest BCUT2D eigenvalue weighted by molar-refractivity contribution is -0.141. The Morgan fingerprint density at radius 1 is 1.08 bits per heavy atom. The molecule has 24 heavy (non-hydrogen) atoms. The summed E-state index contributed by atoms with van der Waals surface area (Å²) in [4.78, 5) is 11.1. The van der Waals surface area contributed by atoms with Gasteiger partial charge in [0.25, 0.3) is 0 Å². The quantitative estimate of drug-likeness (QED) is 0.632. The lowest BCUT2D eigenvalue weighted by Gasteiger charge is -2.16. The predicted octanol–water partition coefficient (Wildman–Crippen LogP) is 1.51. The van der Waals surface area contributed by atoms with Crippen molar-refractivity contribution in [3.8, 4) is 17.6 Å². The van der Waals surface area contributed by atoms with Crippen molar-refractivity contribution in [3.05, 3.63) is 64.7 Å².